The number of benzene rings is 2. The molecule has 0 saturated carbocycles. The van der Waals surface area contributed by atoms with Gasteiger partial charge in [-0.05, 0) is 36.8 Å². The average Bonchev–Trinajstić information content (AvgIpc) is 2.91. The van der Waals surface area contributed by atoms with Gasteiger partial charge in [0, 0.05) is 22.8 Å². The second-order valence-electron chi connectivity index (χ2n) is 5.08. The lowest BCUT2D eigenvalue weighted by Gasteiger charge is -2.08. The van der Waals surface area contributed by atoms with Gasteiger partial charge >= 0.3 is 5.97 Å². The minimum Gasteiger partial charge on any atom is -0.465 e. The molecule has 1 heterocycles. The molecule has 0 aliphatic rings. The molecule has 0 unspecified atom stereocenters. The van der Waals surface area contributed by atoms with Gasteiger partial charge in [0.05, 0.1) is 18.2 Å². The fourth-order valence-electron chi connectivity index (χ4n) is 2.63. The minimum absolute atomic E-state index is 0.399. The zero-order chi connectivity index (χ0) is 15.7. The number of ether oxygens (including phenoxy) is 1. The van der Waals surface area contributed by atoms with E-state index in [0.717, 1.165) is 28.4 Å². The van der Waals surface area contributed by atoms with Gasteiger partial charge in [0.2, 0.25) is 0 Å². The van der Waals surface area contributed by atoms with Crippen LogP contribution in [-0.2, 0) is 4.74 Å². The van der Waals surface area contributed by atoms with Crippen LogP contribution in [0.5, 0.6) is 0 Å². The lowest BCUT2D eigenvalue weighted by molar-refractivity contribution is 0.0600. The maximum atomic E-state index is 11.8. The first-order valence-corrected chi connectivity index (χ1v) is 6.90. The van der Waals surface area contributed by atoms with Crippen molar-refractivity contribution in [2.45, 2.75) is 6.92 Å². The van der Waals surface area contributed by atoms with E-state index in [1.807, 2.05) is 47.9 Å². The van der Waals surface area contributed by atoms with E-state index in [4.69, 9.17) is 4.74 Å². The number of aldehydes is 1. The van der Waals surface area contributed by atoms with Gasteiger partial charge in [-0.2, -0.15) is 0 Å². The van der Waals surface area contributed by atoms with Gasteiger partial charge in [0.25, 0.3) is 0 Å². The van der Waals surface area contributed by atoms with Gasteiger partial charge in [0.1, 0.15) is 0 Å². The number of nitrogens with zero attached hydrogens (tertiary/aromatic N) is 1. The number of methoxy groups -OCH3 is 1. The number of fused-ring (bicyclic) bond motifs is 1. The topological polar surface area (TPSA) is 48.3 Å². The highest BCUT2D eigenvalue weighted by atomic mass is 16.5. The van der Waals surface area contributed by atoms with Crippen molar-refractivity contribution in [3.05, 3.63) is 65.4 Å². The van der Waals surface area contributed by atoms with Crippen LogP contribution in [-0.4, -0.2) is 23.9 Å². The Bertz CT molecular complexity index is 863. The van der Waals surface area contributed by atoms with E-state index in [1.165, 1.54) is 7.11 Å². The van der Waals surface area contributed by atoms with Crippen molar-refractivity contribution in [1.29, 1.82) is 0 Å². The molecule has 0 fully saturated rings. The van der Waals surface area contributed by atoms with Gasteiger partial charge in [0.15, 0.2) is 6.29 Å². The van der Waals surface area contributed by atoms with Crippen LogP contribution in [0.15, 0.2) is 48.7 Å². The normalized spacial score (nSPS) is 10.6. The lowest BCUT2D eigenvalue weighted by Crippen LogP contribution is -2.04. The monoisotopic (exact) mass is 293 g/mol. The van der Waals surface area contributed by atoms with E-state index in [9.17, 15) is 9.59 Å². The molecule has 0 aliphatic heterocycles. The van der Waals surface area contributed by atoms with Crippen molar-refractivity contribution < 1.29 is 14.3 Å². The van der Waals surface area contributed by atoms with Gasteiger partial charge < -0.3 is 9.30 Å². The number of esters is 1. The summed E-state index contributed by atoms with van der Waals surface area (Å²) >= 11 is 0. The smallest absolute Gasteiger partial charge is 0.338 e. The summed E-state index contributed by atoms with van der Waals surface area (Å²) in [5, 5.41) is 0.741. The molecule has 3 rings (SSSR count). The van der Waals surface area contributed by atoms with E-state index >= 15 is 0 Å². The highest BCUT2D eigenvalue weighted by molar-refractivity contribution is 6.03. The molecule has 0 aliphatic carbocycles. The fraction of sp³-hybridized carbons (Fsp3) is 0.111. The molecule has 0 bridgehead atoms. The molecule has 110 valence electrons. The molecule has 0 atom stereocenters. The third-order valence-corrected chi connectivity index (χ3v) is 3.75. The molecule has 1 aromatic heterocycles. The standard InChI is InChI=1S/C18H15NO3/c1-12-8-17-16(9-15(12)18(21)22-2)13(11-20)10-19(17)14-6-4-3-5-7-14/h3-11H,1-2H3. The zero-order valence-corrected chi connectivity index (χ0v) is 12.4. The maximum absolute atomic E-state index is 11.8. The number of para-hydroxylation sites is 1. The molecule has 3 aromatic rings. The summed E-state index contributed by atoms with van der Waals surface area (Å²) in [6.45, 7) is 1.86. The molecule has 0 spiro atoms. The third kappa shape index (κ3) is 2.19. The van der Waals surface area contributed by atoms with Crippen LogP contribution in [0, 0.1) is 6.92 Å². The van der Waals surface area contributed by atoms with E-state index in [1.54, 1.807) is 12.3 Å². The Morgan fingerprint density at radius 3 is 2.55 bits per heavy atom. The Morgan fingerprint density at radius 2 is 1.91 bits per heavy atom. The van der Waals surface area contributed by atoms with E-state index in [2.05, 4.69) is 0 Å². The Labute approximate surface area is 127 Å². The summed E-state index contributed by atoms with van der Waals surface area (Å²) < 4.78 is 6.75. The number of aryl methyl sites for hydroxylation is 1. The molecule has 2 aromatic carbocycles. The second-order valence-corrected chi connectivity index (χ2v) is 5.08. The highest BCUT2D eigenvalue weighted by Crippen LogP contribution is 2.27. The summed E-state index contributed by atoms with van der Waals surface area (Å²) in [6, 6.07) is 13.4. The number of hydrogen-bond donors (Lipinski definition) is 0. The molecular weight excluding hydrogens is 278 g/mol. The van der Waals surface area contributed by atoms with Crippen molar-refractivity contribution in [2.24, 2.45) is 0 Å². The fourth-order valence-corrected chi connectivity index (χ4v) is 2.63. The summed E-state index contributed by atoms with van der Waals surface area (Å²) in [5.41, 5.74) is 3.68. The molecule has 4 nitrogen and oxygen atoms in total. The van der Waals surface area contributed by atoms with Gasteiger partial charge in [-0.1, -0.05) is 18.2 Å². The quantitative estimate of drug-likeness (QED) is 0.548. The van der Waals surface area contributed by atoms with E-state index in [0.29, 0.717) is 11.1 Å². The van der Waals surface area contributed by atoms with Crippen molar-refractivity contribution in [1.82, 2.24) is 4.57 Å². The van der Waals surface area contributed by atoms with Crippen molar-refractivity contribution >= 4 is 23.2 Å². The third-order valence-electron chi connectivity index (χ3n) is 3.75. The molecule has 22 heavy (non-hydrogen) atoms. The van der Waals surface area contributed by atoms with E-state index in [-0.39, 0.29) is 0 Å². The van der Waals surface area contributed by atoms with Crippen LogP contribution in [0.3, 0.4) is 0 Å². The molecule has 0 radical (unpaired) electrons. The Balaban J connectivity index is 2.31. The average molecular weight is 293 g/mol. The van der Waals surface area contributed by atoms with Crippen molar-refractivity contribution in [3.63, 3.8) is 0 Å². The summed E-state index contributed by atoms with van der Waals surface area (Å²) in [7, 11) is 1.35. The number of rotatable bonds is 3. The Hall–Kier alpha value is -2.88. The van der Waals surface area contributed by atoms with Gasteiger partial charge in [-0.15, -0.1) is 0 Å². The van der Waals surface area contributed by atoms with Gasteiger partial charge in [-0.3, -0.25) is 4.79 Å². The van der Waals surface area contributed by atoms with Gasteiger partial charge in [-0.25, -0.2) is 4.79 Å². The molecular formula is C18H15NO3. The predicted octanol–water partition coefficient (Wildman–Crippen LogP) is 3.54. The SMILES string of the molecule is COC(=O)c1cc2c(C=O)cn(-c3ccccc3)c2cc1C. The highest BCUT2D eigenvalue weighted by Gasteiger charge is 2.16. The number of hydrogen-bond acceptors (Lipinski definition) is 3. The second kappa shape index (κ2) is 5.48. The minimum atomic E-state index is -0.399. The molecule has 0 amide bonds. The number of aromatic nitrogens is 1. The van der Waals surface area contributed by atoms with E-state index < -0.39 is 5.97 Å². The summed E-state index contributed by atoms with van der Waals surface area (Å²) in [4.78, 5) is 23.2. The van der Waals surface area contributed by atoms with Crippen LogP contribution < -0.4 is 0 Å². The Morgan fingerprint density at radius 1 is 1.18 bits per heavy atom. The molecule has 0 saturated heterocycles. The first kappa shape index (κ1) is 14.1. The van der Waals surface area contributed by atoms with Crippen molar-refractivity contribution in [2.75, 3.05) is 7.11 Å². The first-order chi connectivity index (χ1) is 10.7. The van der Waals surface area contributed by atoms with Crippen LogP contribution in [0.4, 0.5) is 0 Å². The largest absolute Gasteiger partial charge is 0.465 e. The van der Waals surface area contributed by atoms with Crippen LogP contribution >= 0.6 is 0 Å². The first-order valence-electron chi connectivity index (χ1n) is 6.90. The lowest BCUT2D eigenvalue weighted by atomic mass is 10.0. The number of carbonyl (C=O) groups excluding carboxylic acids is 2. The van der Waals surface area contributed by atoms with Crippen LogP contribution in [0.25, 0.3) is 16.6 Å². The molecule has 0 N–H and O–H groups in total. The van der Waals surface area contributed by atoms with Crippen molar-refractivity contribution in [3.8, 4) is 5.69 Å². The molecule has 4 heteroatoms. The zero-order valence-electron chi connectivity index (χ0n) is 12.4. The maximum Gasteiger partial charge on any atom is 0.338 e. The predicted molar refractivity (Wildman–Crippen MR) is 84.7 cm³/mol. The number of carbonyl (C=O) groups is 2. The van der Waals surface area contributed by atoms with Crippen LogP contribution in [0.2, 0.25) is 0 Å². The summed E-state index contributed by atoms with van der Waals surface area (Å²) in [5.74, 6) is -0.399. The van der Waals surface area contributed by atoms with Crippen LogP contribution in [0.1, 0.15) is 26.3 Å². The Kier molecular flexibility index (Phi) is 3.51. The summed E-state index contributed by atoms with van der Waals surface area (Å²) in [6.07, 6.45) is 2.59.